The van der Waals surface area contributed by atoms with Gasteiger partial charge in [0.05, 0.1) is 34.4 Å². The van der Waals surface area contributed by atoms with E-state index in [0.29, 0.717) is 11.0 Å². The Morgan fingerprint density at radius 1 is 1.17 bits per heavy atom. The predicted molar refractivity (Wildman–Crippen MR) is 65.1 cm³/mol. The van der Waals surface area contributed by atoms with Crippen molar-refractivity contribution in [1.82, 2.24) is 0 Å². The van der Waals surface area contributed by atoms with Gasteiger partial charge in [-0.05, 0) is 0 Å². The van der Waals surface area contributed by atoms with Crippen LogP contribution in [0.2, 0.25) is 0 Å². The zero-order valence-corrected chi connectivity index (χ0v) is 12.6. The van der Waals surface area contributed by atoms with Crippen molar-refractivity contribution < 1.29 is 32.5 Å². The van der Waals surface area contributed by atoms with Crippen LogP contribution in [-0.4, -0.2) is 72.3 Å². The smallest absolute Gasteiger partial charge is 0.268 e. The van der Waals surface area contributed by atoms with Crippen LogP contribution in [-0.2, 0) is 23.1 Å². The van der Waals surface area contributed by atoms with Crippen molar-refractivity contribution in [3.63, 3.8) is 0 Å². The van der Waals surface area contributed by atoms with Gasteiger partial charge < -0.3 is 27.9 Å². The fourth-order valence-corrected chi connectivity index (χ4v) is 1.74. The molecule has 2 atom stereocenters. The van der Waals surface area contributed by atoms with Gasteiger partial charge in [-0.25, -0.2) is 0 Å². The summed E-state index contributed by atoms with van der Waals surface area (Å²) >= 11 is 0. The van der Waals surface area contributed by atoms with Crippen LogP contribution in [0.3, 0.4) is 0 Å². The zero-order valence-electron chi connectivity index (χ0n) is 11.7. The van der Waals surface area contributed by atoms with Crippen LogP contribution in [0.4, 0.5) is 0 Å². The fourth-order valence-electron chi connectivity index (χ4n) is 1.01. The molecule has 0 bridgehead atoms. The van der Waals surface area contributed by atoms with Crippen molar-refractivity contribution in [1.29, 1.82) is 0 Å². The second kappa shape index (κ2) is 8.22. The third-order valence-corrected chi connectivity index (χ3v) is 3.08. The van der Waals surface area contributed by atoms with Gasteiger partial charge in [-0.3, -0.25) is 4.57 Å². The number of likely N-dealkylation sites (N-methyl/N-ethyl adjacent to an activating group) is 1. The Bertz CT molecular complexity index is 268. The van der Waals surface area contributed by atoms with Crippen LogP contribution in [0.5, 0.6) is 0 Å². The zero-order chi connectivity index (χ0) is 14.2. The highest BCUT2D eigenvalue weighted by Gasteiger charge is 2.16. The molecule has 0 heterocycles. The Hall–Kier alpha value is -0.0100. The van der Waals surface area contributed by atoms with Crippen molar-refractivity contribution in [2.24, 2.45) is 0 Å². The minimum Gasteiger partial charge on any atom is -0.756 e. The van der Waals surface area contributed by atoms with Gasteiger partial charge >= 0.3 is 0 Å². The maximum absolute atomic E-state index is 11.4. The van der Waals surface area contributed by atoms with Crippen LogP contribution in [0, 0.1) is 0 Å². The third-order valence-electron chi connectivity index (χ3n) is 2.12. The number of nitrogens with zero attached hydrogens (tertiary/aromatic N) is 1. The van der Waals surface area contributed by atoms with E-state index in [1.54, 1.807) is 0 Å². The van der Waals surface area contributed by atoms with E-state index in [-0.39, 0.29) is 19.8 Å². The molecule has 110 valence electrons. The van der Waals surface area contributed by atoms with Gasteiger partial charge in [0, 0.05) is 14.2 Å². The summed E-state index contributed by atoms with van der Waals surface area (Å²) in [5.41, 5.74) is 0. The lowest BCUT2D eigenvalue weighted by atomic mass is 10.4. The first-order valence-electron chi connectivity index (χ1n) is 5.62. The highest BCUT2D eigenvalue weighted by Crippen LogP contribution is 2.38. The molecule has 0 N–H and O–H groups in total. The largest absolute Gasteiger partial charge is 0.756 e. The minimum absolute atomic E-state index is 0.0895. The normalized spacial score (nSPS) is 17.4. The van der Waals surface area contributed by atoms with Crippen molar-refractivity contribution in [3.05, 3.63) is 0 Å². The number of phosphoric acid groups is 1. The molecule has 0 aromatic heterocycles. The van der Waals surface area contributed by atoms with Crippen molar-refractivity contribution in [2.75, 3.05) is 61.7 Å². The second-order valence-corrected chi connectivity index (χ2v) is 6.31. The highest BCUT2D eigenvalue weighted by molar-refractivity contribution is 7.45. The topological polar surface area (TPSA) is 77.1 Å². The lowest BCUT2D eigenvalue weighted by molar-refractivity contribution is -0.870. The van der Waals surface area contributed by atoms with Gasteiger partial charge in [0.2, 0.25) is 0 Å². The predicted octanol–water partition coefficient (Wildman–Crippen LogP) is -0.144. The molecule has 0 aromatic rings. The molecule has 0 spiro atoms. The number of ether oxygens (including phenoxy) is 2. The molecule has 0 saturated heterocycles. The van der Waals surface area contributed by atoms with Crippen molar-refractivity contribution >= 4 is 7.82 Å². The molecule has 0 aromatic carbocycles. The average molecular weight is 285 g/mol. The standard InChI is InChI=1S/C10H24NO6P/c1-11(2,3)6-7-16-18(12,13)17-9-10(15-5)8-14-4/h10H,6-9H2,1-5H3. The van der Waals surface area contributed by atoms with Crippen molar-refractivity contribution in [2.45, 2.75) is 6.10 Å². The van der Waals surface area contributed by atoms with Gasteiger partial charge in [-0.1, -0.05) is 0 Å². The van der Waals surface area contributed by atoms with Gasteiger partial charge in [-0.15, -0.1) is 0 Å². The lowest BCUT2D eigenvalue weighted by Crippen LogP contribution is -2.37. The summed E-state index contributed by atoms with van der Waals surface area (Å²) in [6, 6.07) is 0. The van der Waals surface area contributed by atoms with Crippen molar-refractivity contribution in [3.8, 4) is 0 Å². The number of phosphoric ester groups is 1. The Morgan fingerprint density at radius 2 is 1.78 bits per heavy atom. The van der Waals surface area contributed by atoms with E-state index >= 15 is 0 Å². The summed E-state index contributed by atoms with van der Waals surface area (Å²) < 4.78 is 31.3. The first-order chi connectivity index (χ1) is 8.20. The van der Waals surface area contributed by atoms with Gasteiger partial charge in [0.25, 0.3) is 7.82 Å². The van der Waals surface area contributed by atoms with E-state index in [0.717, 1.165) is 0 Å². The highest BCUT2D eigenvalue weighted by atomic mass is 31.2. The molecular weight excluding hydrogens is 261 g/mol. The molecule has 18 heavy (non-hydrogen) atoms. The lowest BCUT2D eigenvalue weighted by Gasteiger charge is -2.28. The second-order valence-electron chi connectivity index (χ2n) is 4.90. The summed E-state index contributed by atoms with van der Waals surface area (Å²) in [5.74, 6) is 0. The van der Waals surface area contributed by atoms with E-state index in [1.165, 1.54) is 14.2 Å². The molecule has 7 nitrogen and oxygen atoms in total. The van der Waals surface area contributed by atoms with Crippen LogP contribution in [0.1, 0.15) is 0 Å². The van der Waals surface area contributed by atoms with E-state index in [1.807, 2.05) is 21.1 Å². The maximum Gasteiger partial charge on any atom is 0.268 e. The first-order valence-corrected chi connectivity index (χ1v) is 7.08. The van der Waals surface area contributed by atoms with Crippen LogP contribution in [0.15, 0.2) is 0 Å². The minimum atomic E-state index is -4.26. The maximum atomic E-state index is 11.4. The summed E-state index contributed by atoms with van der Waals surface area (Å²) in [5, 5.41) is 0. The van der Waals surface area contributed by atoms with Gasteiger partial charge in [0.1, 0.15) is 19.3 Å². The van der Waals surface area contributed by atoms with Crippen LogP contribution >= 0.6 is 7.82 Å². The number of quaternary nitrogens is 1. The summed E-state index contributed by atoms with van der Waals surface area (Å²) in [6.07, 6.45) is -0.431. The monoisotopic (exact) mass is 285 g/mol. The third kappa shape index (κ3) is 9.96. The molecular formula is C10H24NO6P. The summed E-state index contributed by atoms with van der Waals surface area (Å²) in [6.45, 7) is 0.804. The van der Waals surface area contributed by atoms with Gasteiger partial charge in [-0.2, -0.15) is 0 Å². The molecule has 0 aliphatic carbocycles. The summed E-state index contributed by atoms with van der Waals surface area (Å²) in [7, 11) is 4.53. The quantitative estimate of drug-likeness (QED) is 0.410. The molecule has 0 aliphatic heterocycles. The van der Waals surface area contributed by atoms with E-state index in [9.17, 15) is 9.46 Å². The molecule has 2 unspecified atom stereocenters. The summed E-state index contributed by atoms with van der Waals surface area (Å²) in [4.78, 5) is 11.4. The van der Waals surface area contributed by atoms with Crippen LogP contribution < -0.4 is 4.89 Å². The molecule has 0 saturated carbocycles. The molecule has 0 aliphatic rings. The number of hydrogen-bond acceptors (Lipinski definition) is 6. The molecule has 0 radical (unpaired) electrons. The van der Waals surface area contributed by atoms with E-state index in [4.69, 9.17) is 18.5 Å². The average Bonchev–Trinajstić information content (AvgIpc) is 2.22. The first kappa shape index (κ1) is 18.0. The van der Waals surface area contributed by atoms with E-state index < -0.39 is 13.9 Å². The number of methoxy groups -OCH3 is 2. The fraction of sp³-hybridized carbons (Fsp3) is 1.00. The Balaban J connectivity index is 3.96. The van der Waals surface area contributed by atoms with Crippen LogP contribution in [0.25, 0.3) is 0 Å². The molecule has 8 heteroatoms. The SMILES string of the molecule is COCC(COP(=O)([O-])OCC[N+](C)(C)C)OC. The Morgan fingerprint density at radius 3 is 2.22 bits per heavy atom. The Kier molecular flexibility index (Phi) is 8.21. The molecule has 0 rings (SSSR count). The number of rotatable bonds is 10. The Labute approximate surface area is 109 Å². The number of hydrogen-bond donors (Lipinski definition) is 0. The molecule has 0 fully saturated rings. The molecule has 0 amide bonds. The van der Waals surface area contributed by atoms with Gasteiger partial charge in [0.15, 0.2) is 0 Å². The van der Waals surface area contributed by atoms with E-state index in [2.05, 4.69) is 0 Å².